The molecule has 0 spiro atoms. The van der Waals surface area contributed by atoms with Gasteiger partial charge in [0.25, 0.3) is 0 Å². The van der Waals surface area contributed by atoms with E-state index >= 15 is 0 Å². The maximum absolute atomic E-state index is 6.16. The topological polar surface area (TPSA) is 29.3 Å². The van der Waals surface area contributed by atoms with Gasteiger partial charge in [0.2, 0.25) is 0 Å². The van der Waals surface area contributed by atoms with Gasteiger partial charge in [-0.15, -0.1) is 0 Å². The van der Waals surface area contributed by atoms with Crippen molar-refractivity contribution in [1.29, 1.82) is 0 Å². The van der Waals surface area contributed by atoms with Crippen molar-refractivity contribution in [3.8, 4) is 0 Å². The third-order valence-corrected chi connectivity index (χ3v) is 3.32. The Bertz CT molecular complexity index is 306. The van der Waals surface area contributed by atoms with E-state index < -0.39 is 0 Å². The van der Waals surface area contributed by atoms with Gasteiger partial charge in [0.15, 0.2) is 0 Å². The Labute approximate surface area is 98.4 Å². The number of hydrogen-bond acceptors (Lipinski definition) is 2. The van der Waals surface area contributed by atoms with Crippen molar-refractivity contribution in [3.05, 3.63) is 35.9 Å². The van der Waals surface area contributed by atoms with Crippen molar-refractivity contribution in [2.45, 2.75) is 25.3 Å². The Hall–Kier alpha value is -0.860. The summed E-state index contributed by atoms with van der Waals surface area (Å²) in [5.74, 6) is 0.970. The zero-order valence-corrected chi connectivity index (χ0v) is 10.1. The van der Waals surface area contributed by atoms with Crippen LogP contribution >= 0.6 is 0 Å². The van der Waals surface area contributed by atoms with Gasteiger partial charge in [-0.25, -0.2) is 0 Å². The molecule has 1 aromatic carbocycles. The maximum atomic E-state index is 6.16. The lowest BCUT2D eigenvalue weighted by molar-refractivity contribution is 0.306. The molecule has 1 atom stereocenters. The number of benzene rings is 1. The van der Waals surface area contributed by atoms with Crippen LogP contribution in [0.15, 0.2) is 30.3 Å². The van der Waals surface area contributed by atoms with Gasteiger partial charge >= 0.3 is 0 Å². The molecular formula is C14H22N2. The molecule has 0 bridgehead atoms. The highest BCUT2D eigenvalue weighted by molar-refractivity contribution is 5.18. The minimum Gasteiger partial charge on any atom is -0.324 e. The lowest BCUT2D eigenvalue weighted by Crippen LogP contribution is -2.25. The van der Waals surface area contributed by atoms with E-state index in [4.69, 9.17) is 5.73 Å². The van der Waals surface area contributed by atoms with E-state index in [9.17, 15) is 0 Å². The molecule has 1 unspecified atom stereocenters. The molecule has 1 aliphatic rings. The molecule has 1 aromatic rings. The molecular weight excluding hydrogens is 196 g/mol. The number of nitrogens with two attached hydrogens (primary N) is 1. The summed E-state index contributed by atoms with van der Waals surface area (Å²) in [7, 11) is 2.20. The highest BCUT2D eigenvalue weighted by Gasteiger charge is 2.22. The first-order valence-corrected chi connectivity index (χ1v) is 6.25. The summed E-state index contributed by atoms with van der Waals surface area (Å²) in [6.07, 6.45) is 3.90. The first-order chi connectivity index (χ1) is 7.75. The van der Waals surface area contributed by atoms with Gasteiger partial charge in [-0.2, -0.15) is 0 Å². The predicted octanol–water partition coefficient (Wildman–Crippen LogP) is 2.42. The van der Waals surface area contributed by atoms with Crippen LogP contribution in [0.5, 0.6) is 0 Å². The van der Waals surface area contributed by atoms with Crippen LogP contribution in [0, 0.1) is 5.92 Å². The Morgan fingerprint density at radius 1 is 1.31 bits per heavy atom. The van der Waals surface area contributed by atoms with E-state index in [-0.39, 0.29) is 6.04 Å². The number of rotatable bonds is 6. The van der Waals surface area contributed by atoms with Crippen LogP contribution in [0.3, 0.4) is 0 Å². The molecule has 1 fully saturated rings. The smallest absolute Gasteiger partial charge is 0.0307 e. The van der Waals surface area contributed by atoms with Crippen molar-refractivity contribution in [2.75, 3.05) is 20.1 Å². The molecule has 2 heteroatoms. The largest absolute Gasteiger partial charge is 0.324 e. The van der Waals surface area contributed by atoms with Crippen LogP contribution in [-0.4, -0.2) is 25.0 Å². The van der Waals surface area contributed by atoms with E-state index in [0.29, 0.717) is 0 Å². The predicted molar refractivity (Wildman–Crippen MR) is 68.2 cm³/mol. The average molecular weight is 218 g/mol. The molecule has 0 amide bonds. The van der Waals surface area contributed by atoms with Crippen LogP contribution in [0.2, 0.25) is 0 Å². The third-order valence-electron chi connectivity index (χ3n) is 3.32. The Balaban J connectivity index is 1.72. The molecule has 0 saturated heterocycles. The van der Waals surface area contributed by atoms with Gasteiger partial charge in [-0.3, -0.25) is 0 Å². The molecule has 2 N–H and O–H groups in total. The zero-order chi connectivity index (χ0) is 11.4. The molecule has 0 aliphatic heterocycles. The SMILES string of the molecule is CN(CCC(N)c1ccccc1)CC1CC1. The molecule has 16 heavy (non-hydrogen) atoms. The van der Waals surface area contributed by atoms with Crippen LogP contribution in [0.25, 0.3) is 0 Å². The molecule has 0 radical (unpaired) electrons. The standard InChI is InChI=1S/C14H22N2/c1-16(11-12-7-8-12)10-9-14(15)13-5-3-2-4-6-13/h2-6,12,14H,7-11,15H2,1H3. The first-order valence-electron chi connectivity index (χ1n) is 6.25. The van der Waals surface area contributed by atoms with Crippen LogP contribution in [-0.2, 0) is 0 Å². The van der Waals surface area contributed by atoms with E-state index in [1.165, 1.54) is 24.9 Å². The second kappa shape index (κ2) is 5.46. The van der Waals surface area contributed by atoms with Gasteiger partial charge in [-0.1, -0.05) is 30.3 Å². The lowest BCUT2D eigenvalue weighted by Gasteiger charge is -2.19. The van der Waals surface area contributed by atoms with E-state index in [1.807, 2.05) is 6.07 Å². The molecule has 0 heterocycles. The van der Waals surface area contributed by atoms with E-state index in [1.54, 1.807) is 0 Å². The highest BCUT2D eigenvalue weighted by atomic mass is 15.1. The number of nitrogens with zero attached hydrogens (tertiary/aromatic N) is 1. The van der Waals surface area contributed by atoms with Crippen LogP contribution in [0.1, 0.15) is 30.9 Å². The summed E-state index contributed by atoms with van der Waals surface area (Å²) < 4.78 is 0. The summed E-state index contributed by atoms with van der Waals surface area (Å²) in [5.41, 5.74) is 7.42. The fourth-order valence-corrected chi connectivity index (χ4v) is 2.06. The summed E-state index contributed by atoms with van der Waals surface area (Å²) in [5, 5.41) is 0. The summed E-state index contributed by atoms with van der Waals surface area (Å²) >= 11 is 0. The summed E-state index contributed by atoms with van der Waals surface area (Å²) in [6.45, 7) is 2.36. The lowest BCUT2D eigenvalue weighted by atomic mass is 10.0. The van der Waals surface area contributed by atoms with Gasteiger partial charge in [-0.05, 0) is 44.3 Å². The van der Waals surface area contributed by atoms with Gasteiger partial charge in [0.05, 0.1) is 0 Å². The molecule has 2 nitrogen and oxygen atoms in total. The van der Waals surface area contributed by atoms with Gasteiger partial charge < -0.3 is 10.6 Å². The summed E-state index contributed by atoms with van der Waals surface area (Å²) in [6, 6.07) is 10.6. The van der Waals surface area contributed by atoms with E-state index in [2.05, 4.69) is 36.2 Å². The fourth-order valence-electron chi connectivity index (χ4n) is 2.06. The van der Waals surface area contributed by atoms with Crippen molar-refractivity contribution in [2.24, 2.45) is 11.7 Å². The Morgan fingerprint density at radius 2 is 2.00 bits per heavy atom. The van der Waals surface area contributed by atoms with Crippen molar-refractivity contribution < 1.29 is 0 Å². The van der Waals surface area contributed by atoms with Crippen molar-refractivity contribution >= 4 is 0 Å². The Morgan fingerprint density at radius 3 is 2.62 bits per heavy atom. The first kappa shape index (κ1) is 11.6. The van der Waals surface area contributed by atoms with Crippen molar-refractivity contribution in [3.63, 3.8) is 0 Å². The van der Waals surface area contributed by atoms with Crippen molar-refractivity contribution in [1.82, 2.24) is 4.90 Å². The molecule has 2 rings (SSSR count). The summed E-state index contributed by atoms with van der Waals surface area (Å²) in [4.78, 5) is 2.42. The zero-order valence-electron chi connectivity index (χ0n) is 10.1. The highest BCUT2D eigenvalue weighted by Crippen LogP contribution is 2.29. The van der Waals surface area contributed by atoms with Crippen LogP contribution < -0.4 is 5.73 Å². The normalized spacial score (nSPS) is 17.7. The minimum atomic E-state index is 0.183. The minimum absolute atomic E-state index is 0.183. The molecule has 88 valence electrons. The maximum Gasteiger partial charge on any atom is 0.0307 e. The monoisotopic (exact) mass is 218 g/mol. The number of hydrogen-bond donors (Lipinski definition) is 1. The second-order valence-corrected chi connectivity index (χ2v) is 5.01. The van der Waals surface area contributed by atoms with Gasteiger partial charge in [0.1, 0.15) is 0 Å². The quantitative estimate of drug-likeness (QED) is 0.794. The third kappa shape index (κ3) is 3.62. The molecule has 1 saturated carbocycles. The molecule has 0 aromatic heterocycles. The van der Waals surface area contributed by atoms with Gasteiger partial charge in [0, 0.05) is 12.6 Å². The Kier molecular flexibility index (Phi) is 3.97. The van der Waals surface area contributed by atoms with Crippen LogP contribution in [0.4, 0.5) is 0 Å². The second-order valence-electron chi connectivity index (χ2n) is 5.01. The van der Waals surface area contributed by atoms with E-state index in [0.717, 1.165) is 18.9 Å². The molecule has 1 aliphatic carbocycles. The fraction of sp³-hybridized carbons (Fsp3) is 0.571. The average Bonchev–Trinajstić information content (AvgIpc) is 3.11.